The number of aryl methyl sites for hydroxylation is 1. The molecule has 0 radical (unpaired) electrons. The lowest BCUT2D eigenvalue weighted by Crippen LogP contribution is -2.14. The number of Topliss-reactive ketones (excluding diaryl/α,β-unsaturated/α-hetero) is 1. The van der Waals surface area contributed by atoms with E-state index in [1.165, 1.54) is 7.11 Å². The van der Waals surface area contributed by atoms with Gasteiger partial charge in [-0.2, -0.15) is 0 Å². The molecule has 3 heteroatoms. The van der Waals surface area contributed by atoms with Crippen LogP contribution in [0.1, 0.15) is 17.5 Å². The fourth-order valence-corrected chi connectivity index (χ4v) is 1.87. The van der Waals surface area contributed by atoms with Gasteiger partial charge in [0.15, 0.2) is 11.5 Å². The summed E-state index contributed by atoms with van der Waals surface area (Å²) in [4.78, 5) is 11.3. The van der Waals surface area contributed by atoms with Gasteiger partial charge < -0.3 is 9.84 Å². The van der Waals surface area contributed by atoms with Crippen LogP contribution in [0.15, 0.2) is 12.1 Å². The van der Waals surface area contributed by atoms with E-state index in [4.69, 9.17) is 4.74 Å². The van der Waals surface area contributed by atoms with Gasteiger partial charge >= 0.3 is 0 Å². The molecule has 1 aliphatic carbocycles. The van der Waals surface area contributed by atoms with E-state index in [0.717, 1.165) is 17.5 Å². The monoisotopic (exact) mass is 192 g/mol. The number of methoxy groups -OCH3 is 1. The maximum atomic E-state index is 11.3. The van der Waals surface area contributed by atoms with E-state index >= 15 is 0 Å². The zero-order valence-electron chi connectivity index (χ0n) is 8.04. The van der Waals surface area contributed by atoms with Gasteiger partial charge in [0.1, 0.15) is 5.78 Å². The lowest BCUT2D eigenvalue weighted by atomic mass is 9.90. The Morgan fingerprint density at radius 3 is 2.86 bits per heavy atom. The van der Waals surface area contributed by atoms with Crippen molar-refractivity contribution in [2.45, 2.75) is 19.3 Å². The highest BCUT2D eigenvalue weighted by atomic mass is 16.5. The van der Waals surface area contributed by atoms with Crippen LogP contribution in [0, 0.1) is 0 Å². The smallest absolute Gasteiger partial charge is 0.164 e. The third-order valence-corrected chi connectivity index (χ3v) is 2.59. The molecule has 2 rings (SSSR count). The number of carbonyl (C=O) groups is 1. The number of phenols is 1. The number of ether oxygens (including phenoxy) is 1. The van der Waals surface area contributed by atoms with Crippen LogP contribution >= 0.6 is 0 Å². The first-order chi connectivity index (χ1) is 6.72. The molecule has 0 aromatic heterocycles. The molecule has 0 heterocycles. The van der Waals surface area contributed by atoms with E-state index in [-0.39, 0.29) is 11.5 Å². The van der Waals surface area contributed by atoms with E-state index in [9.17, 15) is 9.90 Å². The first-order valence-corrected chi connectivity index (χ1v) is 4.62. The number of carbonyl (C=O) groups excluding carboxylic acids is 1. The van der Waals surface area contributed by atoms with Crippen molar-refractivity contribution in [3.8, 4) is 11.5 Å². The average Bonchev–Trinajstić information content (AvgIpc) is 2.17. The fraction of sp³-hybridized carbons (Fsp3) is 0.364. The Morgan fingerprint density at radius 2 is 2.14 bits per heavy atom. The van der Waals surface area contributed by atoms with Gasteiger partial charge in [0, 0.05) is 18.4 Å². The molecule has 74 valence electrons. The third-order valence-electron chi connectivity index (χ3n) is 2.59. The number of benzene rings is 1. The minimum atomic E-state index is 0.112. The van der Waals surface area contributed by atoms with Crippen molar-refractivity contribution in [2.24, 2.45) is 0 Å². The first kappa shape index (κ1) is 9.06. The predicted molar refractivity (Wildman–Crippen MR) is 51.7 cm³/mol. The summed E-state index contributed by atoms with van der Waals surface area (Å²) in [6.07, 6.45) is 1.73. The maximum Gasteiger partial charge on any atom is 0.164 e. The zero-order valence-corrected chi connectivity index (χ0v) is 8.04. The number of rotatable bonds is 1. The average molecular weight is 192 g/mol. The quantitative estimate of drug-likeness (QED) is 0.732. The Kier molecular flexibility index (Phi) is 2.15. The van der Waals surface area contributed by atoms with Crippen molar-refractivity contribution in [1.82, 2.24) is 0 Å². The van der Waals surface area contributed by atoms with Crippen molar-refractivity contribution in [3.05, 3.63) is 23.3 Å². The first-order valence-electron chi connectivity index (χ1n) is 4.62. The highest BCUT2D eigenvalue weighted by Gasteiger charge is 2.21. The van der Waals surface area contributed by atoms with Gasteiger partial charge in [-0.25, -0.2) is 0 Å². The van der Waals surface area contributed by atoms with Crippen LogP contribution in [0.2, 0.25) is 0 Å². The Morgan fingerprint density at radius 1 is 1.36 bits per heavy atom. The number of hydrogen-bond acceptors (Lipinski definition) is 3. The van der Waals surface area contributed by atoms with Crippen molar-refractivity contribution in [1.29, 1.82) is 0 Å². The SMILES string of the molecule is COc1c(O)ccc2c1CC(=O)CC2. The number of fused-ring (bicyclic) bond motifs is 1. The van der Waals surface area contributed by atoms with E-state index in [1.807, 2.05) is 6.07 Å². The highest BCUT2D eigenvalue weighted by molar-refractivity contribution is 5.84. The summed E-state index contributed by atoms with van der Waals surface area (Å²) < 4.78 is 5.09. The Hall–Kier alpha value is -1.51. The largest absolute Gasteiger partial charge is 0.504 e. The molecule has 0 amide bonds. The molecule has 1 aromatic rings. The van der Waals surface area contributed by atoms with Gasteiger partial charge in [0.25, 0.3) is 0 Å². The Balaban J connectivity index is 2.54. The molecule has 0 unspecified atom stereocenters. The minimum Gasteiger partial charge on any atom is -0.504 e. The number of phenolic OH excluding ortho intramolecular Hbond substituents is 1. The molecule has 0 saturated heterocycles. The topological polar surface area (TPSA) is 46.5 Å². The number of hydrogen-bond donors (Lipinski definition) is 1. The molecular weight excluding hydrogens is 180 g/mol. The molecule has 1 N–H and O–H groups in total. The van der Waals surface area contributed by atoms with E-state index in [0.29, 0.717) is 18.6 Å². The second-order valence-electron chi connectivity index (χ2n) is 3.47. The summed E-state index contributed by atoms with van der Waals surface area (Å²) in [5, 5.41) is 9.52. The summed E-state index contributed by atoms with van der Waals surface area (Å²) in [7, 11) is 1.51. The minimum absolute atomic E-state index is 0.112. The summed E-state index contributed by atoms with van der Waals surface area (Å²) >= 11 is 0. The number of aromatic hydroxyl groups is 1. The summed E-state index contributed by atoms with van der Waals surface area (Å²) in [5.41, 5.74) is 1.96. The summed E-state index contributed by atoms with van der Waals surface area (Å²) in [6.45, 7) is 0. The van der Waals surface area contributed by atoms with Crippen molar-refractivity contribution < 1.29 is 14.6 Å². The van der Waals surface area contributed by atoms with Gasteiger partial charge in [0.2, 0.25) is 0 Å². The highest BCUT2D eigenvalue weighted by Crippen LogP contribution is 2.35. The lowest BCUT2D eigenvalue weighted by molar-refractivity contribution is -0.118. The van der Waals surface area contributed by atoms with Crippen molar-refractivity contribution in [3.63, 3.8) is 0 Å². The van der Waals surface area contributed by atoms with Gasteiger partial charge in [-0.05, 0) is 18.1 Å². The molecule has 0 saturated carbocycles. The molecule has 14 heavy (non-hydrogen) atoms. The lowest BCUT2D eigenvalue weighted by Gasteiger charge is -2.18. The normalized spacial score (nSPS) is 15.1. The number of ketones is 1. The van der Waals surface area contributed by atoms with Crippen LogP contribution in [0.5, 0.6) is 11.5 Å². The molecule has 0 aliphatic heterocycles. The van der Waals surface area contributed by atoms with Crippen LogP contribution < -0.4 is 4.74 Å². The predicted octanol–water partition coefficient (Wildman–Crippen LogP) is 1.46. The summed E-state index contributed by atoms with van der Waals surface area (Å²) in [6, 6.07) is 3.48. The van der Waals surface area contributed by atoms with E-state index < -0.39 is 0 Å². The molecule has 0 atom stereocenters. The van der Waals surface area contributed by atoms with Gasteiger partial charge in [-0.1, -0.05) is 6.07 Å². The van der Waals surface area contributed by atoms with Crippen LogP contribution in [0.4, 0.5) is 0 Å². The van der Waals surface area contributed by atoms with Crippen LogP contribution in [0.25, 0.3) is 0 Å². The standard InChI is InChI=1S/C11H12O3/c1-14-11-9-6-8(12)4-2-7(9)3-5-10(11)13/h3,5,13H,2,4,6H2,1H3. The van der Waals surface area contributed by atoms with Gasteiger partial charge in [-0.3, -0.25) is 4.79 Å². The van der Waals surface area contributed by atoms with Crippen molar-refractivity contribution >= 4 is 5.78 Å². The molecule has 0 fully saturated rings. The molecule has 1 aliphatic rings. The molecule has 0 spiro atoms. The second kappa shape index (κ2) is 3.33. The molecular formula is C11H12O3. The van der Waals surface area contributed by atoms with Crippen LogP contribution in [0.3, 0.4) is 0 Å². The third kappa shape index (κ3) is 1.35. The van der Waals surface area contributed by atoms with Crippen LogP contribution in [-0.4, -0.2) is 18.0 Å². The fourth-order valence-electron chi connectivity index (χ4n) is 1.87. The molecule has 3 nitrogen and oxygen atoms in total. The Labute approximate surface area is 82.3 Å². The summed E-state index contributed by atoms with van der Waals surface area (Å²) in [5.74, 6) is 0.776. The molecule has 1 aromatic carbocycles. The van der Waals surface area contributed by atoms with Crippen LogP contribution in [-0.2, 0) is 17.6 Å². The molecule has 0 bridgehead atoms. The maximum absolute atomic E-state index is 11.3. The van der Waals surface area contributed by atoms with Crippen molar-refractivity contribution in [2.75, 3.05) is 7.11 Å². The van der Waals surface area contributed by atoms with E-state index in [1.54, 1.807) is 6.07 Å². The Bertz CT molecular complexity index is 382. The van der Waals surface area contributed by atoms with Gasteiger partial charge in [0.05, 0.1) is 7.11 Å². The second-order valence-corrected chi connectivity index (χ2v) is 3.47. The van der Waals surface area contributed by atoms with E-state index in [2.05, 4.69) is 0 Å². The zero-order chi connectivity index (χ0) is 10.1. The van der Waals surface area contributed by atoms with Gasteiger partial charge in [-0.15, -0.1) is 0 Å².